The normalized spacial score (nSPS) is 13.4. The van der Waals surface area contributed by atoms with Crippen molar-refractivity contribution in [3.8, 4) is 0 Å². The van der Waals surface area contributed by atoms with Crippen LogP contribution in [0.1, 0.15) is 19.4 Å². The third kappa shape index (κ3) is 5.09. The van der Waals surface area contributed by atoms with E-state index in [1.807, 2.05) is 37.3 Å². The van der Waals surface area contributed by atoms with Gasteiger partial charge in [-0.1, -0.05) is 30.3 Å². The summed E-state index contributed by atoms with van der Waals surface area (Å²) in [6.45, 7) is 4.00. The van der Waals surface area contributed by atoms with E-state index in [1.54, 1.807) is 6.92 Å². The lowest BCUT2D eigenvalue weighted by Crippen LogP contribution is -2.50. The quantitative estimate of drug-likeness (QED) is 0.685. The molecule has 1 rings (SSSR count). The number of nitrogens with two attached hydrogens (primary N) is 1. The minimum absolute atomic E-state index is 0.206. The number of hydrogen-bond acceptors (Lipinski definition) is 3. The second-order valence-electron chi connectivity index (χ2n) is 4.42. The van der Waals surface area contributed by atoms with E-state index in [1.165, 1.54) is 0 Å². The highest BCUT2D eigenvalue weighted by Crippen LogP contribution is 2.02. The Balaban J connectivity index is 2.47. The third-order valence-electron chi connectivity index (χ3n) is 2.74. The molecule has 0 saturated carbocycles. The summed E-state index contributed by atoms with van der Waals surface area (Å²) in [7, 11) is 0. The molecule has 0 aromatic heterocycles. The molecular formula is C14H21N3O2. The molecule has 1 aromatic carbocycles. The first kappa shape index (κ1) is 15.2. The molecule has 0 aliphatic heterocycles. The molecule has 1 aromatic rings. The van der Waals surface area contributed by atoms with Crippen molar-refractivity contribution in [2.45, 2.75) is 32.4 Å². The van der Waals surface area contributed by atoms with Gasteiger partial charge in [0.05, 0.1) is 6.04 Å². The SMILES string of the molecule is CCNC(=O)C(C)NC(=O)C(N)Cc1ccccc1. The topological polar surface area (TPSA) is 84.2 Å². The first-order chi connectivity index (χ1) is 9.04. The number of carbonyl (C=O) groups is 2. The van der Waals surface area contributed by atoms with Crippen molar-refractivity contribution < 1.29 is 9.59 Å². The van der Waals surface area contributed by atoms with Gasteiger partial charge in [-0.25, -0.2) is 0 Å². The molecule has 0 radical (unpaired) electrons. The minimum atomic E-state index is -0.653. The van der Waals surface area contributed by atoms with Crippen molar-refractivity contribution >= 4 is 11.8 Å². The molecule has 104 valence electrons. The van der Waals surface area contributed by atoms with Crippen LogP contribution in [0.25, 0.3) is 0 Å². The fourth-order valence-corrected chi connectivity index (χ4v) is 1.67. The number of nitrogens with one attached hydrogen (secondary N) is 2. The fourth-order valence-electron chi connectivity index (χ4n) is 1.67. The maximum absolute atomic E-state index is 11.9. The summed E-state index contributed by atoms with van der Waals surface area (Å²) in [6, 6.07) is 8.31. The van der Waals surface area contributed by atoms with Crippen molar-refractivity contribution in [2.24, 2.45) is 5.73 Å². The minimum Gasteiger partial charge on any atom is -0.355 e. The maximum Gasteiger partial charge on any atom is 0.242 e. The number of likely N-dealkylation sites (N-methyl/N-ethyl adjacent to an activating group) is 1. The van der Waals surface area contributed by atoms with Gasteiger partial charge < -0.3 is 16.4 Å². The number of hydrogen-bond donors (Lipinski definition) is 3. The smallest absolute Gasteiger partial charge is 0.242 e. The summed E-state index contributed by atoms with van der Waals surface area (Å²) in [5, 5.41) is 5.25. The van der Waals surface area contributed by atoms with Crippen molar-refractivity contribution in [1.82, 2.24) is 10.6 Å². The average Bonchev–Trinajstić information content (AvgIpc) is 2.40. The van der Waals surface area contributed by atoms with E-state index in [4.69, 9.17) is 5.73 Å². The third-order valence-corrected chi connectivity index (χ3v) is 2.74. The molecule has 0 aliphatic carbocycles. The summed E-state index contributed by atoms with van der Waals surface area (Å²) in [5.41, 5.74) is 6.82. The van der Waals surface area contributed by atoms with Gasteiger partial charge in [-0.05, 0) is 25.8 Å². The highest BCUT2D eigenvalue weighted by molar-refractivity contribution is 5.89. The maximum atomic E-state index is 11.9. The van der Waals surface area contributed by atoms with Gasteiger partial charge in [0.1, 0.15) is 6.04 Å². The first-order valence-electron chi connectivity index (χ1n) is 6.42. The van der Waals surface area contributed by atoms with Crippen LogP contribution in [-0.2, 0) is 16.0 Å². The van der Waals surface area contributed by atoms with E-state index >= 15 is 0 Å². The van der Waals surface area contributed by atoms with Gasteiger partial charge in [-0.2, -0.15) is 0 Å². The fraction of sp³-hybridized carbons (Fsp3) is 0.429. The van der Waals surface area contributed by atoms with Gasteiger partial charge in [0, 0.05) is 6.54 Å². The number of rotatable bonds is 6. The summed E-state index contributed by atoms with van der Waals surface area (Å²) in [6.07, 6.45) is 0.453. The van der Waals surface area contributed by atoms with Gasteiger partial charge in [0.15, 0.2) is 0 Å². The molecule has 0 heterocycles. The molecule has 2 unspecified atom stereocenters. The Bertz CT molecular complexity index is 420. The predicted molar refractivity (Wildman–Crippen MR) is 74.4 cm³/mol. The summed E-state index contributed by atoms with van der Waals surface area (Å²) >= 11 is 0. The summed E-state index contributed by atoms with van der Waals surface area (Å²) in [4.78, 5) is 23.3. The predicted octanol–water partition coefficient (Wildman–Crippen LogP) is 0.197. The Hall–Kier alpha value is -1.88. The molecule has 2 amide bonds. The van der Waals surface area contributed by atoms with Crippen LogP contribution in [0.5, 0.6) is 0 Å². The van der Waals surface area contributed by atoms with Crippen LogP contribution in [-0.4, -0.2) is 30.4 Å². The number of amides is 2. The lowest BCUT2D eigenvalue weighted by atomic mass is 10.1. The van der Waals surface area contributed by atoms with Gasteiger partial charge in [0.2, 0.25) is 11.8 Å². The molecule has 0 spiro atoms. The first-order valence-corrected chi connectivity index (χ1v) is 6.42. The Morgan fingerprint density at radius 2 is 1.84 bits per heavy atom. The molecular weight excluding hydrogens is 242 g/mol. The van der Waals surface area contributed by atoms with E-state index in [9.17, 15) is 9.59 Å². The van der Waals surface area contributed by atoms with Gasteiger partial charge >= 0.3 is 0 Å². The second kappa shape index (κ2) is 7.53. The van der Waals surface area contributed by atoms with Crippen LogP contribution >= 0.6 is 0 Å². The van der Waals surface area contributed by atoms with Crippen molar-refractivity contribution in [1.29, 1.82) is 0 Å². The summed E-state index contributed by atoms with van der Waals surface area (Å²) in [5.74, 6) is -0.523. The monoisotopic (exact) mass is 263 g/mol. The second-order valence-corrected chi connectivity index (χ2v) is 4.42. The Morgan fingerprint density at radius 1 is 1.21 bits per heavy atom. The molecule has 0 saturated heterocycles. The molecule has 5 nitrogen and oxygen atoms in total. The molecule has 4 N–H and O–H groups in total. The van der Waals surface area contributed by atoms with Gasteiger partial charge in [0.25, 0.3) is 0 Å². The van der Waals surface area contributed by atoms with Crippen LogP contribution in [0.15, 0.2) is 30.3 Å². The summed E-state index contributed by atoms with van der Waals surface area (Å²) < 4.78 is 0. The number of carbonyl (C=O) groups excluding carboxylic acids is 2. The van der Waals surface area contributed by atoms with Gasteiger partial charge in [-0.3, -0.25) is 9.59 Å². The Labute approximate surface area is 113 Å². The molecule has 19 heavy (non-hydrogen) atoms. The standard InChI is InChI=1S/C14H21N3O2/c1-3-16-13(18)10(2)17-14(19)12(15)9-11-7-5-4-6-8-11/h4-8,10,12H,3,9,15H2,1-2H3,(H,16,18)(H,17,19). The average molecular weight is 263 g/mol. The van der Waals surface area contributed by atoms with Gasteiger partial charge in [-0.15, -0.1) is 0 Å². The van der Waals surface area contributed by atoms with Crippen LogP contribution in [0.4, 0.5) is 0 Å². The Kier molecular flexibility index (Phi) is 6.02. The zero-order valence-electron chi connectivity index (χ0n) is 11.3. The van der Waals surface area contributed by atoms with E-state index in [2.05, 4.69) is 10.6 Å². The molecule has 0 bridgehead atoms. The van der Waals surface area contributed by atoms with Crippen LogP contribution in [0.3, 0.4) is 0 Å². The molecule has 2 atom stereocenters. The van der Waals surface area contributed by atoms with E-state index in [0.717, 1.165) is 5.56 Å². The van der Waals surface area contributed by atoms with E-state index in [0.29, 0.717) is 13.0 Å². The van der Waals surface area contributed by atoms with Crippen LogP contribution in [0, 0.1) is 0 Å². The lowest BCUT2D eigenvalue weighted by molar-refractivity contribution is -0.129. The van der Waals surface area contributed by atoms with Crippen LogP contribution < -0.4 is 16.4 Å². The Morgan fingerprint density at radius 3 is 2.42 bits per heavy atom. The van der Waals surface area contributed by atoms with Crippen LogP contribution in [0.2, 0.25) is 0 Å². The zero-order chi connectivity index (χ0) is 14.3. The highest BCUT2D eigenvalue weighted by atomic mass is 16.2. The van der Waals surface area contributed by atoms with E-state index in [-0.39, 0.29) is 11.8 Å². The zero-order valence-corrected chi connectivity index (χ0v) is 11.3. The van der Waals surface area contributed by atoms with Crippen molar-refractivity contribution in [3.63, 3.8) is 0 Å². The molecule has 0 aliphatic rings. The largest absolute Gasteiger partial charge is 0.355 e. The molecule has 0 fully saturated rings. The van der Waals surface area contributed by atoms with Crippen molar-refractivity contribution in [3.05, 3.63) is 35.9 Å². The highest BCUT2D eigenvalue weighted by Gasteiger charge is 2.19. The van der Waals surface area contributed by atoms with E-state index < -0.39 is 12.1 Å². The number of benzene rings is 1. The van der Waals surface area contributed by atoms with Crippen molar-refractivity contribution in [2.75, 3.05) is 6.54 Å². The lowest BCUT2D eigenvalue weighted by Gasteiger charge is -2.17. The molecule has 5 heteroatoms.